The van der Waals surface area contributed by atoms with Gasteiger partial charge in [0.05, 0.1) is 5.34 Å². The molecule has 6 heteroatoms. The van der Waals surface area contributed by atoms with Crippen molar-refractivity contribution in [3.05, 3.63) is 0 Å². The number of rotatable bonds is 1. The summed E-state index contributed by atoms with van der Waals surface area (Å²) in [6.07, 6.45) is 4.03. The van der Waals surface area contributed by atoms with Crippen LogP contribution in [0.4, 0.5) is 0 Å². The fourth-order valence-corrected chi connectivity index (χ4v) is 0. The number of hydrogen-bond donors (Lipinski definition) is 0. The van der Waals surface area contributed by atoms with Gasteiger partial charge < -0.3 is 4.90 Å². The average molecular weight is 236 g/mol. The first-order valence-corrected chi connectivity index (χ1v) is 5.94. The number of halogens is 2. The summed E-state index contributed by atoms with van der Waals surface area (Å²) >= 11 is 9.53. The standard InChI is InChI=1S/C3H7NO.C2H6OS.CH2Cl2/c1-4(2)3-5;1-4(2)3;2-1-3/h3H,1-2H3;1-2H3;1H2. The van der Waals surface area contributed by atoms with Crippen molar-refractivity contribution in [1.29, 1.82) is 0 Å². The molecule has 0 bridgehead atoms. The van der Waals surface area contributed by atoms with E-state index >= 15 is 0 Å². The van der Waals surface area contributed by atoms with E-state index in [1.165, 1.54) is 4.90 Å². The van der Waals surface area contributed by atoms with Crippen molar-refractivity contribution in [2.45, 2.75) is 0 Å². The van der Waals surface area contributed by atoms with Gasteiger partial charge in [-0.25, -0.2) is 0 Å². The molecule has 0 atom stereocenters. The van der Waals surface area contributed by atoms with E-state index < -0.39 is 10.8 Å². The zero-order valence-electron chi connectivity index (χ0n) is 7.71. The van der Waals surface area contributed by atoms with Crippen LogP contribution in [0.1, 0.15) is 0 Å². The first-order chi connectivity index (χ1) is 5.42. The zero-order valence-corrected chi connectivity index (χ0v) is 10.0. The number of hydrogen-bond acceptors (Lipinski definition) is 2. The van der Waals surface area contributed by atoms with E-state index in [4.69, 9.17) is 23.2 Å². The van der Waals surface area contributed by atoms with Crippen LogP contribution < -0.4 is 0 Å². The van der Waals surface area contributed by atoms with Gasteiger partial charge in [-0.15, -0.1) is 23.2 Å². The third-order valence-corrected chi connectivity index (χ3v) is 0.211. The molecule has 0 saturated carbocycles. The summed E-state index contributed by atoms with van der Waals surface area (Å²) < 4.78 is 9.56. The Hall–Kier alpha value is 0.200. The molecule has 0 N–H and O–H groups in total. The van der Waals surface area contributed by atoms with Gasteiger partial charge in [-0.1, -0.05) is 0 Å². The highest BCUT2D eigenvalue weighted by Gasteiger charge is 1.68. The molecule has 0 fully saturated rings. The SMILES string of the molecule is CN(C)C=O.CS(C)=O.ClCCl. The molecule has 0 spiro atoms. The number of carbonyl (C=O) groups is 1. The first kappa shape index (κ1) is 18.1. The molecule has 0 aliphatic heterocycles. The van der Waals surface area contributed by atoms with Gasteiger partial charge in [-0.2, -0.15) is 0 Å². The van der Waals surface area contributed by atoms with Gasteiger partial charge in [0.25, 0.3) is 0 Å². The lowest BCUT2D eigenvalue weighted by atomic mass is 11.0. The summed E-state index contributed by atoms with van der Waals surface area (Å²) in [6.45, 7) is 0. The first-order valence-electron chi connectivity index (χ1n) is 2.91. The molecular weight excluding hydrogens is 221 g/mol. The van der Waals surface area contributed by atoms with Gasteiger partial charge in [0.1, 0.15) is 0 Å². The fraction of sp³-hybridized carbons (Fsp3) is 0.833. The van der Waals surface area contributed by atoms with E-state index in [1.807, 2.05) is 0 Å². The average Bonchev–Trinajstić information content (AvgIpc) is 1.88. The van der Waals surface area contributed by atoms with Crippen LogP contribution in [0.5, 0.6) is 0 Å². The molecule has 0 rings (SSSR count). The monoisotopic (exact) mass is 235 g/mol. The Morgan fingerprint density at radius 2 is 1.42 bits per heavy atom. The molecule has 0 radical (unpaired) electrons. The fourth-order valence-electron chi connectivity index (χ4n) is 0. The van der Waals surface area contributed by atoms with Crippen LogP contribution in [0.2, 0.25) is 0 Å². The molecule has 0 aromatic carbocycles. The summed E-state index contributed by atoms with van der Waals surface area (Å²) in [4.78, 5) is 10.9. The predicted molar refractivity (Wildman–Crippen MR) is 56.3 cm³/mol. The number of amides is 1. The summed E-state index contributed by atoms with van der Waals surface area (Å²) in [7, 11) is 2.76. The second-order valence-electron chi connectivity index (χ2n) is 1.91. The van der Waals surface area contributed by atoms with E-state index in [1.54, 1.807) is 26.6 Å². The van der Waals surface area contributed by atoms with Crippen molar-refractivity contribution in [2.24, 2.45) is 0 Å². The summed E-state index contributed by atoms with van der Waals surface area (Å²) in [5.41, 5.74) is 0. The van der Waals surface area contributed by atoms with Crippen molar-refractivity contribution >= 4 is 40.4 Å². The van der Waals surface area contributed by atoms with Gasteiger partial charge in [-0.05, 0) is 0 Å². The Labute approximate surface area is 86.5 Å². The Balaban J connectivity index is -0.000000105. The van der Waals surface area contributed by atoms with Crippen LogP contribution in [0.3, 0.4) is 0 Å². The minimum absolute atomic E-state index is 0.194. The Morgan fingerprint density at radius 3 is 1.42 bits per heavy atom. The molecule has 12 heavy (non-hydrogen) atoms. The van der Waals surface area contributed by atoms with Crippen molar-refractivity contribution < 1.29 is 9.00 Å². The van der Waals surface area contributed by atoms with E-state index in [0.29, 0.717) is 0 Å². The maximum atomic E-state index is 9.56. The zero-order chi connectivity index (χ0) is 10.6. The number of nitrogens with zero attached hydrogens (tertiary/aromatic N) is 1. The second kappa shape index (κ2) is 17.3. The summed E-state index contributed by atoms with van der Waals surface area (Å²) in [5, 5.41) is 0.194. The van der Waals surface area contributed by atoms with E-state index in [0.717, 1.165) is 6.41 Å². The quantitative estimate of drug-likeness (QED) is 0.505. The molecule has 0 aliphatic carbocycles. The minimum atomic E-state index is -0.611. The normalized spacial score (nSPS) is 7.25. The van der Waals surface area contributed by atoms with Crippen molar-refractivity contribution in [1.82, 2.24) is 4.90 Å². The third kappa shape index (κ3) is 178. The van der Waals surface area contributed by atoms with Crippen LogP contribution in [-0.2, 0) is 15.6 Å². The van der Waals surface area contributed by atoms with E-state index in [2.05, 4.69) is 0 Å². The maximum Gasteiger partial charge on any atom is 0.209 e. The van der Waals surface area contributed by atoms with Gasteiger partial charge in [0.2, 0.25) is 6.41 Å². The molecular formula is C6H15Cl2NO2S. The summed E-state index contributed by atoms with van der Waals surface area (Å²) in [6, 6.07) is 0. The highest BCUT2D eigenvalue weighted by Crippen LogP contribution is 1.73. The number of carbonyl (C=O) groups excluding carboxylic acids is 1. The Kier molecular flexibility index (Phi) is 26.1. The Morgan fingerprint density at radius 1 is 1.33 bits per heavy atom. The highest BCUT2D eigenvalue weighted by molar-refractivity contribution is 7.83. The lowest BCUT2D eigenvalue weighted by Crippen LogP contribution is -2.06. The summed E-state index contributed by atoms with van der Waals surface area (Å²) in [5.74, 6) is 0. The molecule has 0 aliphatic rings. The molecule has 0 aromatic rings. The molecule has 76 valence electrons. The van der Waals surface area contributed by atoms with Crippen molar-refractivity contribution in [3.8, 4) is 0 Å². The van der Waals surface area contributed by atoms with Gasteiger partial charge in [0.15, 0.2) is 0 Å². The smallest absolute Gasteiger partial charge is 0.209 e. The maximum absolute atomic E-state index is 9.56. The predicted octanol–water partition coefficient (Wildman–Crippen LogP) is 1.12. The molecule has 0 saturated heterocycles. The van der Waals surface area contributed by atoms with Crippen LogP contribution >= 0.6 is 23.2 Å². The third-order valence-electron chi connectivity index (χ3n) is 0.211. The van der Waals surface area contributed by atoms with Crippen LogP contribution in [0, 0.1) is 0 Å². The molecule has 0 unspecified atom stereocenters. The Bertz CT molecular complexity index is 108. The minimum Gasteiger partial charge on any atom is -0.351 e. The second-order valence-corrected chi connectivity index (χ2v) is 4.20. The molecule has 0 aromatic heterocycles. The van der Waals surface area contributed by atoms with E-state index in [9.17, 15) is 9.00 Å². The molecule has 3 nitrogen and oxygen atoms in total. The molecule has 0 heterocycles. The van der Waals surface area contributed by atoms with E-state index in [-0.39, 0.29) is 5.34 Å². The van der Waals surface area contributed by atoms with Gasteiger partial charge >= 0.3 is 0 Å². The topological polar surface area (TPSA) is 37.4 Å². The lowest BCUT2D eigenvalue weighted by molar-refractivity contribution is -0.115. The van der Waals surface area contributed by atoms with Crippen LogP contribution in [0.15, 0.2) is 0 Å². The van der Waals surface area contributed by atoms with Crippen molar-refractivity contribution in [2.75, 3.05) is 31.9 Å². The van der Waals surface area contributed by atoms with Crippen molar-refractivity contribution in [3.63, 3.8) is 0 Å². The molecule has 1 amide bonds. The largest absolute Gasteiger partial charge is 0.351 e. The van der Waals surface area contributed by atoms with Crippen LogP contribution in [0.25, 0.3) is 0 Å². The van der Waals surface area contributed by atoms with Gasteiger partial charge in [-0.3, -0.25) is 9.00 Å². The highest BCUT2D eigenvalue weighted by atomic mass is 35.5. The number of alkyl halides is 2. The van der Waals surface area contributed by atoms with Gasteiger partial charge in [0, 0.05) is 37.4 Å². The lowest BCUT2D eigenvalue weighted by Gasteiger charge is -1.93. The van der Waals surface area contributed by atoms with Crippen LogP contribution in [-0.4, -0.2) is 47.5 Å².